The molecule has 0 rings (SSSR count). The summed E-state index contributed by atoms with van der Waals surface area (Å²) in [4.78, 5) is 3.61. The van der Waals surface area contributed by atoms with Gasteiger partial charge in [-0.25, -0.2) is 4.99 Å². The molecule has 0 N–H and O–H groups in total. The van der Waals surface area contributed by atoms with Crippen LogP contribution in [0.15, 0.2) is 28.9 Å². The van der Waals surface area contributed by atoms with Gasteiger partial charge in [0.15, 0.2) is 0 Å². The number of aliphatic imine (C=N–C) groups is 1. The molecular weight excluding hydrogens is 129 g/mol. The van der Waals surface area contributed by atoms with Crippen molar-refractivity contribution in [1.82, 2.24) is 0 Å². The molecule has 0 unspecified atom stereocenters. The van der Waals surface area contributed by atoms with Gasteiger partial charge in [0.1, 0.15) is 0 Å². The predicted octanol–water partition coefficient (Wildman–Crippen LogP) is 2.85. The lowest BCUT2D eigenvalue weighted by atomic mass is 10.3. The summed E-state index contributed by atoms with van der Waals surface area (Å²) in [5.74, 6) is -0.490. The summed E-state index contributed by atoms with van der Waals surface area (Å²) >= 11 is 0. The van der Waals surface area contributed by atoms with E-state index in [0.29, 0.717) is 11.3 Å². The lowest BCUT2D eigenvalue weighted by Crippen LogP contribution is -1.88. The third kappa shape index (κ3) is 3.17. The highest BCUT2D eigenvalue weighted by Crippen LogP contribution is 2.01. The van der Waals surface area contributed by atoms with Gasteiger partial charge in [-0.05, 0) is 26.3 Å². The third-order valence-corrected chi connectivity index (χ3v) is 1.04. The van der Waals surface area contributed by atoms with Crippen LogP contribution in [-0.2, 0) is 0 Å². The van der Waals surface area contributed by atoms with Crippen molar-refractivity contribution in [3.05, 3.63) is 23.9 Å². The van der Waals surface area contributed by atoms with Crippen LogP contribution in [0.25, 0.3) is 0 Å². The number of allylic oxidation sites excluding steroid dienone is 3. The minimum atomic E-state index is -0.490. The van der Waals surface area contributed by atoms with Crippen molar-refractivity contribution in [2.24, 2.45) is 4.99 Å². The average molecular weight is 141 g/mol. The fourth-order valence-electron chi connectivity index (χ4n) is 0.315. The number of rotatable bonds is 2. The van der Waals surface area contributed by atoms with Crippen molar-refractivity contribution in [2.45, 2.75) is 20.8 Å². The zero-order chi connectivity index (χ0) is 8.15. The number of nitrogens with zero attached hydrogens (tertiary/aromatic N) is 1. The molecule has 10 heavy (non-hydrogen) atoms. The second-order valence-electron chi connectivity index (χ2n) is 2.11. The normalized spacial score (nSPS) is 13.6. The molecule has 0 aliphatic heterocycles. The molecule has 56 valence electrons. The third-order valence-electron chi connectivity index (χ3n) is 1.04. The quantitative estimate of drug-likeness (QED) is 0.524. The molecule has 1 nitrogen and oxygen atoms in total. The summed E-state index contributed by atoms with van der Waals surface area (Å²) in [6.45, 7) is 8.54. The minimum absolute atomic E-state index is 0.362. The Morgan fingerprint density at radius 1 is 1.50 bits per heavy atom. The molecular formula is C8H12FN. The van der Waals surface area contributed by atoms with Crippen LogP contribution < -0.4 is 0 Å². The van der Waals surface area contributed by atoms with E-state index in [1.165, 1.54) is 0 Å². The van der Waals surface area contributed by atoms with Crippen LogP contribution >= 0.6 is 0 Å². The largest absolute Gasteiger partial charge is 0.225 e. The maximum absolute atomic E-state index is 12.6. The number of halogens is 1. The number of hydrogen-bond acceptors (Lipinski definition) is 1. The fraction of sp³-hybridized carbons (Fsp3) is 0.375. The van der Waals surface area contributed by atoms with E-state index in [9.17, 15) is 4.39 Å². The fourth-order valence-corrected chi connectivity index (χ4v) is 0.315. The molecule has 2 heteroatoms. The van der Waals surface area contributed by atoms with E-state index < -0.39 is 5.97 Å². The van der Waals surface area contributed by atoms with Gasteiger partial charge in [-0.3, -0.25) is 0 Å². The van der Waals surface area contributed by atoms with Crippen LogP contribution in [0.1, 0.15) is 20.8 Å². The Morgan fingerprint density at radius 3 is 2.30 bits per heavy atom. The zero-order valence-electron chi connectivity index (χ0n) is 6.61. The van der Waals surface area contributed by atoms with Gasteiger partial charge in [0, 0.05) is 5.70 Å². The van der Waals surface area contributed by atoms with Crippen molar-refractivity contribution in [3.8, 4) is 0 Å². The molecule has 0 radical (unpaired) electrons. The van der Waals surface area contributed by atoms with Crippen LogP contribution in [0, 0.1) is 0 Å². The van der Waals surface area contributed by atoms with Gasteiger partial charge in [0.25, 0.3) is 0 Å². The van der Waals surface area contributed by atoms with E-state index in [-0.39, 0.29) is 0 Å². The van der Waals surface area contributed by atoms with Gasteiger partial charge in [-0.15, -0.1) is 0 Å². The van der Waals surface area contributed by atoms with Crippen LogP contribution in [-0.4, -0.2) is 5.97 Å². The molecule has 0 fully saturated rings. The monoisotopic (exact) mass is 141 g/mol. The Morgan fingerprint density at radius 2 is 2.00 bits per heavy atom. The van der Waals surface area contributed by atoms with Crippen LogP contribution in [0.3, 0.4) is 0 Å². The maximum Gasteiger partial charge on any atom is 0.215 e. The lowest BCUT2D eigenvalue weighted by Gasteiger charge is -1.92. The Kier molecular flexibility index (Phi) is 3.62. The van der Waals surface area contributed by atoms with Crippen molar-refractivity contribution < 1.29 is 4.39 Å². The first-order valence-corrected chi connectivity index (χ1v) is 3.11. The van der Waals surface area contributed by atoms with Gasteiger partial charge in [-0.2, -0.15) is 4.39 Å². The molecule has 0 bridgehead atoms. The summed E-state index contributed by atoms with van der Waals surface area (Å²) in [7, 11) is 0. The average Bonchev–Trinajstić information content (AvgIpc) is 1.87. The molecule has 0 atom stereocenters. The van der Waals surface area contributed by atoms with Gasteiger partial charge < -0.3 is 0 Å². The van der Waals surface area contributed by atoms with Gasteiger partial charge >= 0.3 is 0 Å². The summed E-state index contributed by atoms with van der Waals surface area (Å²) in [6.07, 6.45) is 1.74. The van der Waals surface area contributed by atoms with Crippen LogP contribution in [0.2, 0.25) is 0 Å². The SMILES string of the molecule is C=C(C)C(F)=N/C(C)=C\C. The lowest BCUT2D eigenvalue weighted by molar-refractivity contribution is 0.800. The number of hydrogen-bond donors (Lipinski definition) is 0. The van der Waals surface area contributed by atoms with E-state index in [4.69, 9.17) is 0 Å². The van der Waals surface area contributed by atoms with E-state index in [1.54, 1.807) is 19.9 Å². The molecule has 0 heterocycles. The molecule has 0 amide bonds. The molecule has 0 spiro atoms. The molecule has 0 aromatic carbocycles. The Balaban J connectivity index is 4.31. The highest BCUT2D eigenvalue weighted by molar-refractivity contribution is 5.91. The summed E-state index contributed by atoms with van der Waals surface area (Å²) < 4.78 is 12.6. The van der Waals surface area contributed by atoms with Crippen molar-refractivity contribution in [1.29, 1.82) is 0 Å². The van der Waals surface area contributed by atoms with Gasteiger partial charge in [0.05, 0.1) is 0 Å². The molecule has 0 aromatic heterocycles. The smallest absolute Gasteiger partial charge is 0.215 e. The van der Waals surface area contributed by atoms with Crippen LogP contribution in [0.4, 0.5) is 4.39 Å². The van der Waals surface area contributed by atoms with E-state index in [0.717, 1.165) is 0 Å². The first-order chi connectivity index (χ1) is 4.57. The highest BCUT2D eigenvalue weighted by Gasteiger charge is 1.94. The van der Waals surface area contributed by atoms with Crippen molar-refractivity contribution in [2.75, 3.05) is 0 Å². The van der Waals surface area contributed by atoms with E-state index in [1.807, 2.05) is 6.92 Å². The first-order valence-electron chi connectivity index (χ1n) is 3.11. The standard InChI is InChI=1S/C8H12FN/c1-5-7(4)10-8(9)6(2)3/h5H,2H2,1,3-4H3/b7-5-,10-8?. The van der Waals surface area contributed by atoms with Crippen LogP contribution in [0.5, 0.6) is 0 Å². The first kappa shape index (κ1) is 9.08. The topological polar surface area (TPSA) is 12.4 Å². The van der Waals surface area contributed by atoms with Gasteiger partial charge in [-0.1, -0.05) is 12.7 Å². The predicted molar refractivity (Wildman–Crippen MR) is 42.8 cm³/mol. The molecule has 0 saturated heterocycles. The molecule has 0 saturated carbocycles. The maximum atomic E-state index is 12.6. The molecule has 0 aliphatic carbocycles. The Labute approximate surface area is 61.0 Å². The second kappa shape index (κ2) is 3.99. The highest BCUT2D eigenvalue weighted by atomic mass is 19.1. The van der Waals surface area contributed by atoms with Crippen molar-refractivity contribution >= 4 is 5.97 Å². The summed E-state index contributed by atoms with van der Waals surface area (Å²) in [5, 5.41) is 0. The Bertz CT molecular complexity index is 189. The summed E-state index contributed by atoms with van der Waals surface area (Å²) in [5.41, 5.74) is 1.03. The Hall–Kier alpha value is -0.920. The van der Waals surface area contributed by atoms with Gasteiger partial charge in [0.2, 0.25) is 5.97 Å². The molecule has 0 aromatic rings. The van der Waals surface area contributed by atoms with E-state index >= 15 is 0 Å². The van der Waals surface area contributed by atoms with E-state index in [2.05, 4.69) is 11.6 Å². The molecule has 0 aliphatic rings. The summed E-state index contributed by atoms with van der Waals surface area (Å²) in [6, 6.07) is 0. The minimum Gasteiger partial charge on any atom is -0.225 e. The van der Waals surface area contributed by atoms with Crippen molar-refractivity contribution in [3.63, 3.8) is 0 Å². The second-order valence-corrected chi connectivity index (χ2v) is 2.11. The zero-order valence-corrected chi connectivity index (χ0v) is 6.61.